The monoisotopic (exact) mass is 134 g/mol. The molecule has 1 rings (SSSR count). The van der Waals surface area contributed by atoms with Crippen molar-refractivity contribution in [2.45, 2.75) is 12.8 Å². The maximum atomic E-state index is 11.0. The van der Waals surface area contributed by atoms with Gasteiger partial charge in [-0.05, 0) is 12.0 Å². The Kier molecular flexibility index (Phi) is 1.86. The minimum atomic E-state index is 0.199. The van der Waals surface area contributed by atoms with Gasteiger partial charge in [0.15, 0.2) is 5.78 Å². The Bertz CT molecular complexity index is 203. The maximum Gasteiger partial charge on any atom is 0.163 e. The van der Waals surface area contributed by atoms with Crippen LogP contribution >= 0.6 is 0 Å². The minimum absolute atomic E-state index is 0.199. The lowest BCUT2D eigenvalue weighted by atomic mass is 10.1. The van der Waals surface area contributed by atoms with Crippen LogP contribution in [0.15, 0.2) is 36.5 Å². The summed E-state index contributed by atoms with van der Waals surface area (Å²) in [6.45, 7) is 7.29. The van der Waals surface area contributed by atoms with Gasteiger partial charge in [-0.2, -0.15) is 0 Å². The van der Waals surface area contributed by atoms with Crippen molar-refractivity contribution in [2.75, 3.05) is 0 Å². The molecule has 0 aromatic rings. The van der Waals surface area contributed by atoms with Crippen molar-refractivity contribution >= 4 is 5.78 Å². The van der Waals surface area contributed by atoms with Gasteiger partial charge in [0, 0.05) is 12.0 Å². The molecular formula is C9H10O. The normalized spacial score (nSPS) is 22.2. The quantitative estimate of drug-likeness (QED) is 0.501. The topological polar surface area (TPSA) is 17.1 Å². The van der Waals surface area contributed by atoms with Crippen LogP contribution in [0.3, 0.4) is 0 Å². The second-order valence-electron chi connectivity index (χ2n) is 2.34. The van der Waals surface area contributed by atoms with Crippen molar-refractivity contribution in [3.63, 3.8) is 0 Å². The lowest BCUT2D eigenvalue weighted by Crippen LogP contribution is -1.90. The van der Waals surface area contributed by atoms with Gasteiger partial charge in [-0.1, -0.05) is 25.3 Å². The smallest absolute Gasteiger partial charge is 0.163 e. The van der Waals surface area contributed by atoms with E-state index in [0.717, 1.165) is 17.6 Å². The van der Waals surface area contributed by atoms with Crippen LogP contribution < -0.4 is 0 Å². The fraction of sp³-hybridized carbons (Fsp3) is 0.222. The summed E-state index contributed by atoms with van der Waals surface area (Å²) in [5, 5.41) is 0. The summed E-state index contributed by atoms with van der Waals surface area (Å²) in [4.78, 5) is 11.0. The molecule has 1 heteroatoms. The molecule has 0 bridgehead atoms. The molecule has 0 N–H and O–H groups in total. The van der Waals surface area contributed by atoms with E-state index >= 15 is 0 Å². The highest BCUT2D eigenvalue weighted by atomic mass is 16.1. The van der Waals surface area contributed by atoms with Gasteiger partial charge in [0.05, 0.1) is 0 Å². The van der Waals surface area contributed by atoms with E-state index in [9.17, 15) is 4.79 Å². The van der Waals surface area contributed by atoms with Crippen molar-refractivity contribution in [2.24, 2.45) is 0 Å². The average molecular weight is 134 g/mol. The van der Waals surface area contributed by atoms with Crippen molar-refractivity contribution in [1.29, 1.82) is 0 Å². The highest BCUT2D eigenvalue weighted by Gasteiger charge is 2.19. The summed E-state index contributed by atoms with van der Waals surface area (Å²) < 4.78 is 0. The third-order valence-electron chi connectivity index (χ3n) is 1.62. The van der Waals surface area contributed by atoms with E-state index in [2.05, 4.69) is 13.2 Å². The van der Waals surface area contributed by atoms with Gasteiger partial charge in [-0.15, -0.1) is 0 Å². The Balaban J connectivity index is 2.92. The summed E-state index contributed by atoms with van der Waals surface area (Å²) in [5.74, 6) is 0.199. The number of hydrogen-bond acceptors (Lipinski definition) is 1. The van der Waals surface area contributed by atoms with E-state index in [1.165, 1.54) is 0 Å². The molecule has 0 aliphatic heterocycles. The van der Waals surface area contributed by atoms with Gasteiger partial charge in [0.25, 0.3) is 0 Å². The number of rotatable bonds is 1. The summed E-state index contributed by atoms with van der Waals surface area (Å²) in [7, 11) is 0. The summed E-state index contributed by atoms with van der Waals surface area (Å²) in [6.07, 6.45) is 4.80. The van der Waals surface area contributed by atoms with Gasteiger partial charge in [-0.3, -0.25) is 4.79 Å². The Morgan fingerprint density at radius 2 is 2.10 bits per heavy atom. The average Bonchev–Trinajstić information content (AvgIpc) is 2.20. The highest BCUT2D eigenvalue weighted by molar-refractivity contribution is 6.02. The molecule has 0 spiro atoms. The predicted molar refractivity (Wildman–Crippen MR) is 41.7 cm³/mol. The first-order chi connectivity index (χ1) is 4.75. The Morgan fingerprint density at radius 3 is 2.50 bits per heavy atom. The molecule has 1 saturated carbocycles. The molecular weight excluding hydrogens is 124 g/mol. The van der Waals surface area contributed by atoms with Gasteiger partial charge in [0.2, 0.25) is 0 Å². The number of carbonyl (C=O) groups excluding carboxylic acids is 1. The SMILES string of the molecule is C=C/C=C1\C(=C)CCC1=O. The Hall–Kier alpha value is -1.11. The molecule has 0 amide bonds. The van der Waals surface area contributed by atoms with E-state index in [0.29, 0.717) is 6.42 Å². The van der Waals surface area contributed by atoms with E-state index in [4.69, 9.17) is 0 Å². The zero-order valence-electron chi connectivity index (χ0n) is 5.89. The molecule has 52 valence electrons. The molecule has 10 heavy (non-hydrogen) atoms. The van der Waals surface area contributed by atoms with Crippen LogP contribution in [0, 0.1) is 0 Å². The van der Waals surface area contributed by atoms with E-state index in [-0.39, 0.29) is 5.78 Å². The Labute approximate surface area is 60.7 Å². The minimum Gasteiger partial charge on any atom is -0.294 e. The molecule has 1 fully saturated rings. The first-order valence-electron chi connectivity index (χ1n) is 3.30. The second kappa shape index (κ2) is 2.65. The number of ketones is 1. The third kappa shape index (κ3) is 1.08. The van der Waals surface area contributed by atoms with Gasteiger partial charge in [0.1, 0.15) is 0 Å². The third-order valence-corrected chi connectivity index (χ3v) is 1.62. The van der Waals surface area contributed by atoms with Crippen molar-refractivity contribution in [3.05, 3.63) is 36.5 Å². The number of allylic oxidation sites excluding steroid dienone is 4. The van der Waals surface area contributed by atoms with Crippen molar-refractivity contribution < 1.29 is 4.79 Å². The van der Waals surface area contributed by atoms with Crippen LogP contribution in [0.5, 0.6) is 0 Å². The highest BCUT2D eigenvalue weighted by Crippen LogP contribution is 2.24. The van der Waals surface area contributed by atoms with Crippen LogP contribution in [0.1, 0.15) is 12.8 Å². The van der Waals surface area contributed by atoms with Crippen molar-refractivity contribution in [1.82, 2.24) is 0 Å². The first kappa shape index (κ1) is 7.00. The number of hydrogen-bond donors (Lipinski definition) is 0. The van der Waals surface area contributed by atoms with Gasteiger partial charge < -0.3 is 0 Å². The molecule has 0 atom stereocenters. The van der Waals surface area contributed by atoms with Crippen LogP contribution in [0.4, 0.5) is 0 Å². The fourth-order valence-corrected chi connectivity index (χ4v) is 1.06. The molecule has 1 nitrogen and oxygen atoms in total. The molecule has 0 aromatic carbocycles. The largest absolute Gasteiger partial charge is 0.294 e. The molecule has 0 unspecified atom stereocenters. The standard InChI is InChI=1S/C9H10O/c1-3-4-8-7(2)5-6-9(8)10/h3-4H,1-2,5-6H2/b8-4+. The van der Waals surface area contributed by atoms with Crippen LogP contribution in [-0.2, 0) is 4.79 Å². The first-order valence-corrected chi connectivity index (χ1v) is 3.30. The molecule has 1 aliphatic carbocycles. The Morgan fingerprint density at radius 1 is 1.40 bits per heavy atom. The predicted octanol–water partition coefficient (Wildman–Crippen LogP) is 2.02. The van der Waals surface area contributed by atoms with E-state index in [1.807, 2.05) is 0 Å². The van der Waals surface area contributed by atoms with E-state index < -0.39 is 0 Å². The molecule has 0 saturated heterocycles. The molecule has 0 aromatic heterocycles. The van der Waals surface area contributed by atoms with Crippen LogP contribution in [0.25, 0.3) is 0 Å². The summed E-state index contributed by atoms with van der Waals surface area (Å²) in [6, 6.07) is 0. The lowest BCUT2D eigenvalue weighted by Gasteiger charge is -1.91. The van der Waals surface area contributed by atoms with Crippen molar-refractivity contribution in [3.8, 4) is 0 Å². The molecule has 0 heterocycles. The molecule has 1 aliphatic rings. The number of Topliss-reactive ketones (excluding diaryl/α,β-unsaturated/α-hetero) is 1. The van der Waals surface area contributed by atoms with Crippen LogP contribution in [-0.4, -0.2) is 5.78 Å². The van der Waals surface area contributed by atoms with E-state index in [1.54, 1.807) is 12.2 Å². The van der Waals surface area contributed by atoms with Crippen LogP contribution in [0.2, 0.25) is 0 Å². The second-order valence-corrected chi connectivity index (χ2v) is 2.34. The zero-order valence-corrected chi connectivity index (χ0v) is 5.89. The number of carbonyl (C=O) groups is 1. The lowest BCUT2D eigenvalue weighted by molar-refractivity contribution is -0.114. The molecule has 0 radical (unpaired) electrons. The zero-order chi connectivity index (χ0) is 7.56. The maximum absolute atomic E-state index is 11.0. The summed E-state index contributed by atoms with van der Waals surface area (Å²) in [5.41, 5.74) is 1.71. The van der Waals surface area contributed by atoms with Gasteiger partial charge in [-0.25, -0.2) is 0 Å². The summed E-state index contributed by atoms with van der Waals surface area (Å²) >= 11 is 0. The fourth-order valence-electron chi connectivity index (χ4n) is 1.06. The van der Waals surface area contributed by atoms with Gasteiger partial charge >= 0.3 is 0 Å².